The molecule has 19 heavy (non-hydrogen) atoms. The maximum atomic E-state index is 4.59. The normalized spacial score (nSPS) is 12.3. The molecule has 108 valence electrons. The third kappa shape index (κ3) is 5.18. The quantitative estimate of drug-likeness (QED) is 0.778. The monoisotopic (exact) mass is 346 g/mol. The largest absolute Gasteiger partial charge is 0.356 e. The van der Waals surface area contributed by atoms with Gasteiger partial charge in [-0.05, 0) is 47.7 Å². The highest BCUT2D eigenvalue weighted by Gasteiger charge is 2.15. The van der Waals surface area contributed by atoms with E-state index < -0.39 is 0 Å². The fourth-order valence-electron chi connectivity index (χ4n) is 1.62. The lowest BCUT2D eigenvalue weighted by Gasteiger charge is -2.26. The third-order valence-electron chi connectivity index (χ3n) is 2.99. The standard InChI is InChI=1S/C13H23BrN4S/c1-5-7-15-13-16-9-11(14)12(17-13)18(3)10(2)6-8-19-4/h9-10H,5-8H2,1-4H3,(H,15,16,17). The molecule has 0 radical (unpaired) electrons. The van der Waals surface area contributed by atoms with Gasteiger partial charge in [0.05, 0.1) is 4.47 Å². The maximum absolute atomic E-state index is 4.59. The van der Waals surface area contributed by atoms with E-state index in [9.17, 15) is 0 Å². The maximum Gasteiger partial charge on any atom is 0.224 e. The second kappa shape index (κ2) is 8.64. The van der Waals surface area contributed by atoms with Crippen molar-refractivity contribution < 1.29 is 0 Å². The Kier molecular flexibility index (Phi) is 7.53. The minimum absolute atomic E-state index is 0.456. The van der Waals surface area contributed by atoms with E-state index in [1.54, 1.807) is 0 Å². The summed E-state index contributed by atoms with van der Waals surface area (Å²) in [4.78, 5) is 11.1. The number of rotatable bonds is 8. The molecule has 0 amide bonds. The molecule has 1 rings (SSSR count). The predicted octanol–water partition coefficient (Wildman–Crippen LogP) is 3.64. The molecule has 4 nitrogen and oxygen atoms in total. The lowest BCUT2D eigenvalue weighted by Crippen LogP contribution is -2.30. The molecule has 0 aliphatic rings. The molecule has 0 saturated heterocycles. The van der Waals surface area contributed by atoms with Gasteiger partial charge in [0.2, 0.25) is 5.95 Å². The number of hydrogen-bond acceptors (Lipinski definition) is 5. The van der Waals surface area contributed by atoms with Crippen LogP contribution in [0.3, 0.4) is 0 Å². The van der Waals surface area contributed by atoms with E-state index >= 15 is 0 Å². The Bertz CT molecular complexity index is 389. The highest BCUT2D eigenvalue weighted by Crippen LogP contribution is 2.25. The van der Waals surface area contributed by atoms with Crippen LogP contribution in [0, 0.1) is 0 Å². The van der Waals surface area contributed by atoms with Gasteiger partial charge in [-0.15, -0.1) is 0 Å². The molecule has 0 aliphatic heterocycles. The van der Waals surface area contributed by atoms with Gasteiger partial charge >= 0.3 is 0 Å². The first-order valence-corrected chi connectivity index (χ1v) is 8.77. The number of aromatic nitrogens is 2. The SMILES string of the molecule is CCCNc1ncc(Br)c(N(C)C(C)CCSC)n1. The summed E-state index contributed by atoms with van der Waals surface area (Å²) >= 11 is 5.41. The van der Waals surface area contributed by atoms with Gasteiger partial charge in [-0.1, -0.05) is 6.92 Å². The van der Waals surface area contributed by atoms with Crippen LogP contribution in [-0.4, -0.2) is 41.6 Å². The summed E-state index contributed by atoms with van der Waals surface area (Å²) in [5.41, 5.74) is 0. The summed E-state index contributed by atoms with van der Waals surface area (Å²) in [6.45, 7) is 5.25. The highest BCUT2D eigenvalue weighted by atomic mass is 79.9. The van der Waals surface area contributed by atoms with Crippen molar-refractivity contribution in [3.05, 3.63) is 10.7 Å². The first-order valence-electron chi connectivity index (χ1n) is 6.58. The van der Waals surface area contributed by atoms with Crippen LogP contribution in [0.5, 0.6) is 0 Å². The fraction of sp³-hybridized carbons (Fsp3) is 0.692. The van der Waals surface area contributed by atoms with E-state index in [0.717, 1.165) is 35.4 Å². The second-order valence-electron chi connectivity index (χ2n) is 4.53. The van der Waals surface area contributed by atoms with E-state index in [0.29, 0.717) is 12.0 Å². The summed E-state index contributed by atoms with van der Waals surface area (Å²) in [6, 6.07) is 0.456. The number of halogens is 1. The van der Waals surface area contributed by atoms with E-state index in [1.807, 2.05) is 18.0 Å². The van der Waals surface area contributed by atoms with Crippen LogP contribution in [0.4, 0.5) is 11.8 Å². The van der Waals surface area contributed by atoms with E-state index in [2.05, 4.69) is 63.3 Å². The highest BCUT2D eigenvalue weighted by molar-refractivity contribution is 9.10. The minimum Gasteiger partial charge on any atom is -0.356 e. The lowest BCUT2D eigenvalue weighted by atomic mass is 10.2. The number of nitrogens with one attached hydrogen (secondary N) is 1. The van der Waals surface area contributed by atoms with E-state index in [1.165, 1.54) is 0 Å². The van der Waals surface area contributed by atoms with Crippen molar-refractivity contribution in [2.45, 2.75) is 32.7 Å². The first-order chi connectivity index (χ1) is 9.10. The Morgan fingerprint density at radius 3 is 2.89 bits per heavy atom. The molecule has 0 saturated carbocycles. The topological polar surface area (TPSA) is 41.1 Å². The van der Waals surface area contributed by atoms with Crippen LogP contribution in [0.1, 0.15) is 26.7 Å². The van der Waals surface area contributed by atoms with Gasteiger partial charge in [-0.2, -0.15) is 16.7 Å². The van der Waals surface area contributed by atoms with Crippen LogP contribution in [0.25, 0.3) is 0 Å². The molecule has 0 bridgehead atoms. The Labute approximate surface area is 128 Å². The van der Waals surface area contributed by atoms with Crippen LogP contribution in [-0.2, 0) is 0 Å². The van der Waals surface area contributed by atoms with Crippen molar-refractivity contribution in [2.75, 3.05) is 35.8 Å². The number of thioether (sulfide) groups is 1. The Hall–Kier alpha value is -0.490. The molecule has 1 aromatic heterocycles. The van der Waals surface area contributed by atoms with Gasteiger partial charge in [-0.3, -0.25) is 0 Å². The molecular formula is C13H23BrN4S. The molecule has 1 aromatic rings. The van der Waals surface area contributed by atoms with Crippen LogP contribution >= 0.6 is 27.7 Å². The van der Waals surface area contributed by atoms with Gasteiger partial charge in [0.1, 0.15) is 5.82 Å². The van der Waals surface area contributed by atoms with Gasteiger partial charge in [-0.25, -0.2) is 4.98 Å². The molecule has 1 atom stereocenters. The smallest absolute Gasteiger partial charge is 0.224 e. The molecule has 0 aromatic carbocycles. The third-order valence-corrected chi connectivity index (χ3v) is 4.20. The zero-order valence-corrected chi connectivity index (χ0v) is 14.5. The molecule has 6 heteroatoms. The van der Waals surface area contributed by atoms with Crippen molar-refractivity contribution in [2.24, 2.45) is 0 Å². The van der Waals surface area contributed by atoms with Crippen LogP contribution in [0.15, 0.2) is 10.7 Å². The zero-order chi connectivity index (χ0) is 14.3. The lowest BCUT2D eigenvalue weighted by molar-refractivity contribution is 0.660. The van der Waals surface area contributed by atoms with Gasteiger partial charge in [0, 0.05) is 25.8 Å². The minimum atomic E-state index is 0.456. The summed E-state index contributed by atoms with van der Waals surface area (Å²) in [7, 11) is 2.09. The predicted molar refractivity (Wildman–Crippen MR) is 89.4 cm³/mol. The molecule has 1 N–H and O–H groups in total. The van der Waals surface area contributed by atoms with Crippen molar-refractivity contribution in [1.82, 2.24) is 9.97 Å². The van der Waals surface area contributed by atoms with E-state index in [4.69, 9.17) is 0 Å². The van der Waals surface area contributed by atoms with E-state index in [-0.39, 0.29) is 0 Å². The van der Waals surface area contributed by atoms with Gasteiger partial charge in [0.15, 0.2) is 0 Å². The van der Waals surface area contributed by atoms with Crippen molar-refractivity contribution in [1.29, 1.82) is 0 Å². The zero-order valence-electron chi connectivity index (χ0n) is 12.1. The molecule has 0 spiro atoms. The fourth-order valence-corrected chi connectivity index (χ4v) is 2.67. The van der Waals surface area contributed by atoms with Crippen molar-refractivity contribution in [3.8, 4) is 0 Å². The van der Waals surface area contributed by atoms with Gasteiger partial charge in [0.25, 0.3) is 0 Å². The number of nitrogens with zero attached hydrogens (tertiary/aromatic N) is 3. The van der Waals surface area contributed by atoms with Gasteiger partial charge < -0.3 is 10.2 Å². The molecule has 0 fully saturated rings. The van der Waals surface area contributed by atoms with Crippen LogP contribution < -0.4 is 10.2 Å². The number of hydrogen-bond donors (Lipinski definition) is 1. The molecule has 0 aliphatic carbocycles. The molecule has 1 heterocycles. The summed E-state index contributed by atoms with van der Waals surface area (Å²) in [5.74, 6) is 2.81. The Morgan fingerprint density at radius 2 is 2.26 bits per heavy atom. The summed E-state index contributed by atoms with van der Waals surface area (Å²) < 4.78 is 0.938. The first kappa shape index (κ1) is 16.6. The molecule has 1 unspecified atom stereocenters. The van der Waals surface area contributed by atoms with Crippen molar-refractivity contribution >= 4 is 39.5 Å². The van der Waals surface area contributed by atoms with Crippen LogP contribution in [0.2, 0.25) is 0 Å². The summed E-state index contributed by atoms with van der Waals surface area (Å²) in [5, 5.41) is 3.23. The molecular weight excluding hydrogens is 324 g/mol. The summed E-state index contributed by atoms with van der Waals surface area (Å²) in [6.07, 6.45) is 6.17. The Morgan fingerprint density at radius 1 is 1.53 bits per heavy atom. The Balaban J connectivity index is 2.79. The number of anilines is 2. The van der Waals surface area contributed by atoms with Crippen molar-refractivity contribution in [3.63, 3.8) is 0 Å². The second-order valence-corrected chi connectivity index (χ2v) is 6.37. The average Bonchev–Trinajstić information content (AvgIpc) is 2.43. The average molecular weight is 347 g/mol.